The second-order valence-electron chi connectivity index (χ2n) is 5.68. The van der Waals surface area contributed by atoms with Crippen LogP contribution in [0.3, 0.4) is 0 Å². The third-order valence-electron chi connectivity index (χ3n) is 4.08. The molecule has 0 saturated heterocycles. The van der Waals surface area contributed by atoms with Crippen LogP contribution in [0, 0.1) is 0 Å². The number of nitrogens with two attached hydrogens (primary N) is 1. The van der Waals surface area contributed by atoms with Gasteiger partial charge in [-0.3, -0.25) is 0 Å². The van der Waals surface area contributed by atoms with Crippen LogP contribution >= 0.6 is 0 Å². The summed E-state index contributed by atoms with van der Waals surface area (Å²) in [5.41, 5.74) is 10.7. The molecule has 1 aliphatic heterocycles. The van der Waals surface area contributed by atoms with Crippen molar-refractivity contribution in [2.45, 2.75) is 6.42 Å². The van der Waals surface area contributed by atoms with Crippen molar-refractivity contribution < 1.29 is 0 Å². The van der Waals surface area contributed by atoms with E-state index in [0.717, 1.165) is 36.5 Å². The van der Waals surface area contributed by atoms with Gasteiger partial charge >= 0.3 is 0 Å². The standard InChI is InChI=1S/C18H18N6/c19-17-16(23-14(10-21-17)13-6-8-20-9-7-13)18-22-11-15(24-18)12-4-2-1-3-5-12/h1-6,10-11,20H,7-9H2,(H2,19,21)(H,22,24). The Balaban J connectivity index is 1.71. The minimum absolute atomic E-state index is 0.377. The highest BCUT2D eigenvalue weighted by atomic mass is 15.0. The number of hydrogen-bond donors (Lipinski definition) is 3. The van der Waals surface area contributed by atoms with E-state index in [2.05, 4.69) is 26.3 Å². The van der Waals surface area contributed by atoms with Gasteiger partial charge in [-0.2, -0.15) is 0 Å². The van der Waals surface area contributed by atoms with Crippen LogP contribution in [0.25, 0.3) is 28.3 Å². The van der Waals surface area contributed by atoms with E-state index in [9.17, 15) is 0 Å². The summed E-state index contributed by atoms with van der Waals surface area (Å²) in [5.74, 6) is 1.01. The second kappa shape index (κ2) is 6.25. The van der Waals surface area contributed by atoms with Gasteiger partial charge in [0, 0.05) is 6.54 Å². The average molecular weight is 318 g/mol. The predicted octanol–water partition coefficient (Wildman–Crippen LogP) is 2.49. The van der Waals surface area contributed by atoms with Crippen LogP contribution in [0.4, 0.5) is 5.82 Å². The molecule has 1 aliphatic rings. The highest BCUT2D eigenvalue weighted by Crippen LogP contribution is 2.26. The van der Waals surface area contributed by atoms with Gasteiger partial charge < -0.3 is 16.0 Å². The van der Waals surface area contributed by atoms with Crippen LogP contribution in [-0.4, -0.2) is 33.0 Å². The highest BCUT2D eigenvalue weighted by molar-refractivity contribution is 5.71. The molecule has 2 aromatic heterocycles. The summed E-state index contributed by atoms with van der Waals surface area (Å²) in [6, 6.07) is 10.0. The first-order valence-electron chi connectivity index (χ1n) is 7.95. The Bertz CT molecular complexity index is 882. The molecule has 24 heavy (non-hydrogen) atoms. The lowest BCUT2D eigenvalue weighted by molar-refractivity contribution is 0.736. The third-order valence-corrected chi connectivity index (χ3v) is 4.08. The summed E-state index contributed by atoms with van der Waals surface area (Å²) in [6.45, 7) is 1.81. The van der Waals surface area contributed by atoms with Crippen molar-refractivity contribution in [3.8, 4) is 22.8 Å². The van der Waals surface area contributed by atoms with E-state index in [1.54, 1.807) is 12.4 Å². The van der Waals surface area contributed by atoms with Crippen molar-refractivity contribution in [2.24, 2.45) is 0 Å². The van der Waals surface area contributed by atoms with E-state index in [0.29, 0.717) is 17.3 Å². The minimum atomic E-state index is 0.377. The van der Waals surface area contributed by atoms with E-state index in [4.69, 9.17) is 10.7 Å². The Morgan fingerprint density at radius 3 is 2.71 bits per heavy atom. The largest absolute Gasteiger partial charge is 0.382 e. The fourth-order valence-corrected chi connectivity index (χ4v) is 2.79. The first-order valence-corrected chi connectivity index (χ1v) is 7.95. The zero-order chi connectivity index (χ0) is 16.4. The molecule has 1 aromatic carbocycles. The van der Waals surface area contributed by atoms with Crippen LogP contribution in [-0.2, 0) is 0 Å². The molecule has 6 heteroatoms. The summed E-state index contributed by atoms with van der Waals surface area (Å²) in [6.07, 6.45) is 6.61. The minimum Gasteiger partial charge on any atom is -0.382 e. The first kappa shape index (κ1) is 14.6. The van der Waals surface area contributed by atoms with Gasteiger partial charge in [0.2, 0.25) is 0 Å². The summed E-state index contributed by atoms with van der Waals surface area (Å²) in [4.78, 5) is 16.7. The van der Waals surface area contributed by atoms with Crippen molar-refractivity contribution in [1.82, 2.24) is 25.3 Å². The second-order valence-corrected chi connectivity index (χ2v) is 5.68. The lowest BCUT2D eigenvalue weighted by atomic mass is 10.1. The number of rotatable bonds is 3. The molecule has 3 aromatic rings. The van der Waals surface area contributed by atoms with Gasteiger partial charge in [-0.1, -0.05) is 36.4 Å². The lowest BCUT2D eigenvalue weighted by Crippen LogP contribution is -2.20. The van der Waals surface area contributed by atoms with Crippen molar-refractivity contribution in [3.05, 3.63) is 54.5 Å². The molecule has 0 unspecified atom stereocenters. The Morgan fingerprint density at radius 2 is 1.92 bits per heavy atom. The van der Waals surface area contributed by atoms with Gasteiger partial charge in [0.1, 0.15) is 5.69 Å². The molecule has 0 saturated carbocycles. The summed E-state index contributed by atoms with van der Waals surface area (Å²) >= 11 is 0. The van der Waals surface area contributed by atoms with E-state index in [1.165, 1.54) is 5.57 Å². The molecular formula is C18H18N6. The molecule has 120 valence electrons. The monoisotopic (exact) mass is 318 g/mol. The average Bonchev–Trinajstić information content (AvgIpc) is 3.13. The Kier molecular flexibility index (Phi) is 3.80. The maximum atomic E-state index is 6.03. The van der Waals surface area contributed by atoms with Crippen LogP contribution in [0.1, 0.15) is 12.1 Å². The van der Waals surface area contributed by atoms with Crippen LogP contribution < -0.4 is 11.1 Å². The van der Waals surface area contributed by atoms with Crippen molar-refractivity contribution in [2.75, 3.05) is 18.8 Å². The number of nitrogens with one attached hydrogen (secondary N) is 2. The molecule has 4 N–H and O–H groups in total. The van der Waals surface area contributed by atoms with Crippen molar-refractivity contribution in [1.29, 1.82) is 0 Å². The summed E-state index contributed by atoms with van der Waals surface area (Å²) < 4.78 is 0. The Labute approximate surface area is 139 Å². The van der Waals surface area contributed by atoms with Gasteiger partial charge in [-0.25, -0.2) is 15.0 Å². The van der Waals surface area contributed by atoms with E-state index in [-0.39, 0.29) is 0 Å². The van der Waals surface area contributed by atoms with Crippen LogP contribution in [0.15, 0.2) is 48.8 Å². The fraction of sp³-hybridized carbons (Fsp3) is 0.167. The van der Waals surface area contributed by atoms with E-state index in [1.807, 2.05) is 30.3 Å². The number of aromatic amines is 1. The molecule has 0 radical (unpaired) electrons. The molecule has 0 amide bonds. The topological polar surface area (TPSA) is 92.5 Å². The number of H-pyrrole nitrogens is 1. The zero-order valence-electron chi connectivity index (χ0n) is 13.2. The number of nitrogens with zero attached hydrogens (tertiary/aromatic N) is 3. The maximum absolute atomic E-state index is 6.03. The third kappa shape index (κ3) is 2.79. The first-order chi connectivity index (χ1) is 11.8. The molecule has 0 atom stereocenters. The zero-order valence-corrected chi connectivity index (χ0v) is 13.2. The molecule has 6 nitrogen and oxygen atoms in total. The highest BCUT2D eigenvalue weighted by Gasteiger charge is 2.14. The summed E-state index contributed by atoms with van der Waals surface area (Å²) in [5, 5.41) is 3.30. The molecule has 4 rings (SSSR count). The molecule has 0 spiro atoms. The van der Waals surface area contributed by atoms with Gasteiger partial charge in [0.25, 0.3) is 0 Å². The fourth-order valence-electron chi connectivity index (χ4n) is 2.79. The number of imidazole rings is 1. The molecule has 0 bridgehead atoms. The van der Waals surface area contributed by atoms with Crippen molar-refractivity contribution >= 4 is 11.4 Å². The number of hydrogen-bond acceptors (Lipinski definition) is 5. The normalized spacial score (nSPS) is 14.4. The number of anilines is 1. The van der Waals surface area contributed by atoms with Gasteiger partial charge in [-0.05, 0) is 24.1 Å². The van der Waals surface area contributed by atoms with E-state index < -0.39 is 0 Å². The number of aromatic nitrogens is 4. The molecule has 0 aliphatic carbocycles. The van der Waals surface area contributed by atoms with Crippen LogP contribution in [0.2, 0.25) is 0 Å². The van der Waals surface area contributed by atoms with E-state index >= 15 is 0 Å². The SMILES string of the molecule is Nc1ncc(C2=CCNCC2)nc1-c1ncc(-c2ccccc2)[nH]1. The molecule has 3 heterocycles. The molecular weight excluding hydrogens is 300 g/mol. The van der Waals surface area contributed by atoms with Gasteiger partial charge in [0.15, 0.2) is 11.6 Å². The molecule has 0 fully saturated rings. The number of benzene rings is 1. The predicted molar refractivity (Wildman–Crippen MR) is 94.9 cm³/mol. The summed E-state index contributed by atoms with van der Waals surface area (Å²) in [7, 11) is 0. The quantitative estimate of drug-likeness (QED) is 0.690. The Morgan fingerprint density at radius 1 is 1.04 bits per heavy atom. The Hall–Kier alpha value is -2.99. The smallest absolute Gasteiger partial charge is 0.160 e. The van der Waals surface area contributed by atoms with Crippen molar-refractivity contribution in [3.63, 3.8) is 0 Å². The van der Waals surface area contributed by atoms with Gasteiger partial charge in [-0.15, -0.1) is 0 Å². The maximum Gasteiger partial charge on any atom is 0.160 e. The lowest BCUT2D eigenvalue weighted by Gasteiger charge is -2.14. The number of nitrogen functional groups attached to an aromatic ring is 1. The van der Waals surface area contributed by atoms with Crippen LogP contribution in [0.5, 0.6) is 0 Å². The van der Waals surface area contributed by atoms with Gasteiger partial charge in [0.05, 0.1) is 23.8 Å².